The van der Waals surface area contributed by atoms with E-state index in [0.29, 0.717) is 31.9 Å². The van der Waals surface area contributed by atoms with Crippen molar-refractivity contribution in [2.75, 3.05) is 24.6 Å². The molecular formula is C29H32N2O5. The van der Waals surface area contributed by atoms with Gasteiger partial charge in [-0.15, -0.1) is 0 Å². The lowest BCUT2D eigenvalue weighted by molar-refractivity contribution is -0.151. The largest absolute Gasteiger partial charge is 0.466 e. The Morgan fingerprint density at radius 2 is 1.75 bits per heavy atom. The van der Waals surface area contributed by atoms with Crippen molar-refractivity contribution in [3.05, 3.63) is 89.4 Å². The number of rotatable bonds is 8. The van der Waals surface area contributed by atoms with Crippen molar-refractivity contribution in [2.24, 2.45) is 5.92 Å². The first kappa shape index (κ1) is 25.2. The third kappa shape index (κ3) is 6.22. The Hall–Kier alpha value is -3.87. The van der Waals surface area contributed by atoms with E-state index in [1.807, 2.05) is 55.5 Å². The second kappa shape index (κ2) is 11.7. The molecule has 0 spiro atoms. The molecule has 1 aliphatic heterocycles. The Bertz CT molecular complexity index is 1170. The molecule has 2 aromatic carbocycles. The molecule has 1 saturated heterocycles. The van der Waals surface area contributed by atoms with Crippen LogP contribution in [0.2, 0.25) is 0 Å². The van der Waals surface area contributed by atoms with Gasteiger partial charge in [-0.05, 0) is 62.1 Å². The maximum absolute atomic E-state index is 13.2. The highest BCUT2D eigenvalue weighted by Gasteiger charge is 2.29. The van der Waals surface area contributed by atoms with Crippen LogP contribution < -0.4 is 4.90 Å². The molecular weight excluding hydrogens is 456 g/mol. The number of hydrogen-bond acceptors (Lipinski definition) is 5. The van der Waals surface area contributed by atoms with Crippen LogP contribution in [0.5, 0.6) is 0 Å². The summed E-state index contributed by atoms with van der Waals surface area (Å²) in [5.74, 6) is -0.465. The van der Waals surface area contributed by atoms with Gasteiger partial charge in [-0.2, -0.15) is 0 Å². The van der Waals surface area contributed by atoms with Crippen molar-refractivity contribution >= 4 is 23.5 Å². The number of aryl methyl sites for hydroxylation is 1. The van der Waals surface area contributed by atoms with Crippen LogP contribution in [0.4, 0.5) is 5.69 Å². The van der Waals surface area contributed by atoms with Crippen LogP contribution >= 0.6 is 0 Å². The first-order valence-electron chi connectivity index (χ1n) is 12.4. The molecule has 2 amide bonds. The Labute approximate surface area is 211 Å². The molecule has 1 fully saturated rings. The van der Waals surface area contributed by atoms with Gasteiger partial charge in [0.05, 0.1) is 31.8 Å². The van der Waals surface area contributed by atoms with E-state index in [-0.39, 0.29) is 35.9 Å². The second-order valence-corrected chi connectivity index (χ2v) is 9.13. The van der Waals surface area contributed by atoms with E-state index in [1.165, 1.54) is 6.26 Å². The summed E-state index contributed by atoms with van der Waals surface area (Å²) in [4.78, 5) is 41.7. The van der Waals surface area contributed by atoms with Crippen molar-refractivity contribution in [3.63, 3.8) is 0 Å². The number of benzene rings is 2. The summed E-state index contributed by atoms with van der Waals surface area (Å²) < 4.78 is 10.5. The SMILES string of the molecule is CCOC(=O)C1CCCN(C(=O)Cc2ccc(N(Cc3ccc(C)cc3)C(=O)c3ccco3)cc2)C1. The minimum absolute atomic E-state index is 0.0140. The van der Waals surface area contributed by atoms with E-state index >= 15 is 0 Å². The quantitative estimate of drug-likeness (QED) is 0.427. The van der Waals surface area contributed by atoms with Crippen LogP contribution in [-0.4, -0.2) is 42.4 Å². The fraction of sp³-hybridized carbons (Fsp3) is 0.345. The van der Waals surface area contributed by atoms with Gasteiger partial charge < -0.3 is 19.0 Å². The molecule has 2 heterocycles. The van der Waals surface area contributed by atoms with Crippen LogP contribution in [0.25, 0.3) is 0 Å². The van der Waals surface area contributed by atoms with Crippen LogP contribution in [0.15, 0.2) is 71.3 Å². The lowest BCUT2D eigenvalue weighted by Gasteiger charge is -2.31. The van der Waals surface area contributed by atoms with Crippen molar-refractivity contribution < 1.29 is 23.5 Å². The Morgan fingerprint density at radius 3 is 2.42 bits per heavy atom. The van der Waals surface area contributed by atoms with Gasteiger partial charge in [-0.25, -0.2) is 0 Å². The minimum Gasteiger partial charge on any atom is -0.466 e. The van der Waals surface area contributed by atoms with Gasteiger partial charge in [0.15, 0.2) is 5.76 Å². The van der Waals surface area contributed by atoms with Gasteiger partial charge in [-0.1, -0.05) is 42.0 Å². The summed E-state index contributed by atoms with van der Waals surface area (Å²) in [6, 6.07) is 18.9. The summed E-state index contributed by atoms with van der Waals surface area (Å²) in [5.41, 5.74) is 3.72. The zero-order valence-electron chi connectivity index (χ0n) is 20.8. The molecule has 1 aliphatic rings. The van der Waals surface area contributed by atoms with Gasteiger partial charge in [0, 0.05) is 18.8 Å². The van der Waals surface area contributed by atoms with E-state index in [0.717, 1.165) is 29.5 Å². The zero-order chi connectivity index (χ0) is 25.5. The van der Waals surface area contributed by atoms with Gasteiger partial charge >= 0.3 is 5.97 Å². The fourth-order valence-corrected chi connectivity index (χ4v) is 4.43. The van der Waals surface area contributed by atoms with Crippen molar-refractivity contribution in [3.8, 4) is 0 Å². The number of esters is 1. The highest BCUT2D eigenvalue weighted by Crippen LogP contribution is 2.23. The number of hydrogen-bond donors (Lipinski definition) is 0. The fourth-order valence-electron chi connectivity index (χ4n) is 4.43. The number of carbonyl (C=O) groups is 3. The van der Waals surface area contributed by atoms with Crippen LogP contribution in [0, 0.1) is 12.8 Å². The minimum atomic E-state index is -0.257. The number of amides is 2. The maximum atomic E-state index is 13.2. The standard InChI is InChI=1S/C29H32N2O5/c1-3-35-29(34)24-6-4-16-30(20-24)27(32)18-22-12-14-25(15-13-22)31(28(33)26-7-5-17-36-26)19-23-10-8-21(2)9-11-23/h5,7-15,17,24H,3-4,6,16,18-20H2,1-2H3. The van der Waals surface area contributed by atoms with E-state index in [2.05, 4.69) is 0 Å². The highest BCUT2D eigenvalue weighted by atomic mass is 16.5. The first-order valence-corrected chi connectivity index (χ1v) is 12.4. The molecule has 0 saturated carbocycles. The molecule has 7 heteroatoms. The Morgan fingerprint density at radius 1 is 1.03 bits per heavy atom. The predicted octanol–water partition coefficient (Wildman–Crippen LogP) is 4.78. The van der Waals surface area contributed by atoms with Gasteiger partial charge in [-0.3, -0.25) is 14.4 Å². The Balaban J connectivity index is 1.46. The third-order valence-corrected chi connectivity index (χ3v) is 6.44. The molecule has 1 atom stereocenters. The summed E-state index contributed by atoms with van der Waals surface area (Å²) in [5, 5.41) is 0. The highest BCUT2D eigenvalue weighted by molar-refractivity contribution is 6.04. The summed E-state index contributed by atoms with van der Waals surface area (Å²) in [6.45, 7) is 5.60. The molecule has 188 valence electrons. The molecule has 0 N–H and O–H groups in total. The number of furan rings is 1. The average molecular weight is 489 g/mol. The monoisotopic (exact) mass is 488 g/mol. The number of piperidine rings is 1. The van der Waals surface area contributed by atoms with Crippen LogP contribution in [0.1, 0.15) is 47.0 Å². The van der Waals surface area contributed by atoms with E-state index in [1.54, 1.807) is 28.9 Å². The van der Waals surface area contributed by atoms with Crippen molar-refractivity contribution in [1.29, 1.82) is 0 Å². The average Bonchev–Trinajstić information content (AvgIpc) is 3.44. The van der Waals surface area contributed by atoms with Gasteiger partial charge in [0.25, 0.3) is 5.91 Å². The third-order valence-electron chi connectivity index (χ3n) is 6.44. The number of carbonyl (C=O) groups excluding carboxylic acids is 3. The topological polar surface area (TPSA) is 80.1 Å². The lowest BCUT2D eigenvalue weighted by Crippen LogP contribution is -2.43. The Kier molecular flexibility index (Phi) is 8.21. The van der Waals surface area contributed by atoms with Crippen molar-refractivity contribution in [1.82, 2.24) is 4.90 Å². The molecule has 0 bridgehead atoms. The lowest BCUT2D eigenvalue weighted by atomic mass is 9.97. The van der Waals surface area contributed by atoms with E-state index in [4.69, 9.17) is 9.15 Å². The van der Waals surface area contributed by atoms with Crippen LogP contribution in [-0.2, 0) is 27.3 Å². The number of anilines is 1. The molecule has 1 aromatic heterocycles. The molecule has 3 aromatic rings. The first-order chi connectivity index (χ1) is 17.4. The second-order valence-electron chi connectivity index (χ2n) is 9.13. The summed E-state index contributed by atoms with van der Waals surface area (Å²) >= 11 is 0. The number of nitrogens with zero attached hydrogens (tertiary/aromatic N) is 2. The van der Waals surface area contributed by atoms with Crippen LogP contribution in [0.3, 0.4) is 0 Å². The van der Waals surface area contributed by atoms with Gasteiger partial charge in [0.1, 0.15) is 0 Å². The van der Waals surface area contributed by atoms with E-state index in [9.17, 15) is 14.4 Å². The molecule has 1 unspecified atom stereocenters. The zero-order valence-corrected chi connectivity index (χ0v) is 20.8. The molecule has 0 aliphatic carbocycles. The van der Waals surface area contributed by atoms with E-state index < -0.39 is 0 Å². The van der Waals surface area contributed by atoms with Crippen molar-refractivity contribution in [2.45, 2.75) is 39.7 Å². The van der Waals surface area contributed by atoms with Gasteiger partial charge in [0.2, 0.25) is 5.91 Å². The number of likely N-dealkylation sites (tertiary alicyclic amines) is 1. The smallest absolute Gasteiger partial charge is 0.310 e. The molecule has 7 nitrogen and oxygen atoms in total. The molecule has 36 heavy (non-hydrogen) atoms. The maximum Gasteiger partial charge on any atom is 0.310 e. The summed E-state index contributed by atoms with van der Waals surface area (Å²) in [7, 11) is 0. The number of ether oxygens (including phenoxy) is 1. The normalized spacial score (nSPS) is 15.4. The molecule has 0 radical (unpaired) electrons. The molecule has 4 rings (SSSR count). The predicted molar refractivity (Wildman–Crippen MR) is 136 cm³/mol. The summed E-state index contributed by atoms with van der Waals surface area (Å²) in [6.07, 6.45) is 3.26.